The third-order valence-corrected chi connectivity index (χ3v) is 7.69. The molecule has 152 valence electrons. The molecule has 5 rings (SSSR count). The number of nitrogens with one attached hydrogen (secondary N) is 1. The van der Waals surface area contributed by atoms with Crippen molar-refractivity contribution in [2.45, 2.75) is 76.3 Å². The zero-order chi connectivity index (χ0) is 19.3. The van der Waals surface area contributed by atoms with E-state index in [4.69, 9.17) is 5.10 Å². The summed E-state index contributed by atoms with van der Waals surface area (Å²) in [6.07, 6.45) is 12.7. The standard InChI is InChI=1S/C21H30N4O3/c26-19(27)21-10-4-6-15(21)12-24(13-21)20(28)22-17-9-3-5-14-11-25(23-18(14)17)16-7-1-2-8-16/h11,15-17H,1-10,12-13H2,(H,22,28)(H,26,27)/t15-,17?,21+/m0/s1. The summed E-state index contributed by atoms with van der Waals surface area (Å²) in [7, 11) is 0. The summed E-state index contributed by atoms with van der Waals surface area (Å²) in [6.45, 7) is 0.906. The Morgan fingerprint density at radius 2 is 1.96 bits per heavy atom. The zero-order valence-electron chi connectivity index (χ0n) is 16.4. The number of fused-ring (bicyclic) bond motifs is 2. The number of nitrogens with zero attached hydrogens (tertiary/aromatic N) is 3. The minimum absolute atomic E-state index is 0.0554. The molecule has 7 nitrogen and oxygen atoms in total. The van der Waals surface area contributed by atoms with Gasteiger partial charge >= 0.3 is 12.0 Å². The van der Waals surface area contributed by atoms with E-state index in [1.54, 1.807) is 4.90 Å². The van der Waals surface area contributed by atoms with Gasteiger partial charge in [-0.25, -0.2) is 4.79 Å². The number of rotatable bonds is 3. The molecule has 2 heterocycles. The number of amides is 2. The molecule has 2 saturated carbocycles. The lowest BCUT2D eigenvalue weighted by Gasteiger charge is -2.27. The second-order valence-corrected chi connectivity index (χ2v) is 9.28. The summed E-state index contributed by atoms with van der Waals surface area (Å²) >= 11 is 0. The van der Waals surface area contributed by atoms with Gasteiger partial charge in [-0.2, -0.15) is 5.10 Å². The van der Waals surface area contributed by atoms with Gasteiger partial charge in [0.25, 0.3) is 0 Å². The molecule has 2 N–H and O–H groups in total. The summed E-state index contributed by atoms with van der Waals surface area (Å²) in [5.74, 6) is -0.639. The molecule has 28 heavy (non-hydrogen) atoms. The monoisotopic (exact) mass is 386 g/mol. The van der Waals surface area contributed by atoms with Gasteiger partial charge in [-0.1, -0.05) is 19.3 Å². The first-order chi connectivity index (χ1) is 13.6. The van der Waals surface area contributed by atoms with Gasteiger partial charge in [0.15, 0.2) is 0 Å². The first kappa shape index (κ1) is 18.0. The van der Waals surface area contributed by atoms with Crippen LogP contribution in [0.2, 0.25) is 0 Å². The Bertz CT molecular complexity index is 785. The van der Waals surface area contributed by atoms with Crippen LogP contribution in [0.4, 0.5) is 4.79 Å². The summed E-state index contributed by atoms with van der Waals surface area (Å²) in [6, 6.07) is 0.332. The lowest BCUT2D eigenvalue weighted by Crippen LogP contribution is -2.43. The highest BCUT2D eigenvalue weighted by molar-refractivity contribution is 5.80. The van der Waals surface area contributed by atoms with Crippen molar-refractivity contribution < 1.29 is 14.7 Å². The third kappa shape index (κ3) is 2.81. The second-order valence-electron chi connectivity index (χ2n) is 9.28. The topological polar surface area (TPSA) is 87.5 Å². The number of hydrogen-bond acceptors (Lipinski definition) is 3. The Hall–Kier alpha value is -2.05. The fourth-order valence-corrected chi connectivity index (χ4v) is 6.09. The predicted octanol–water partition coefficient (Wildman–Crippen LogP) is 3.27. The molecule has 0 aromatic carbocycles. The van der Waals surface area contributed by atoms with Gasteiger partial charge in [-0.05, 0) is 56.4 Å². The summed E-state index contributed by atoms with van der Waals surface area (Å²) in [5.41, 5.74) is 1.57. The molecule has 3 aliphatic carbocycles. The van der Waals surface area contributed by atoms with Crippen molar-refractivity contribution in [2.24, 2.45) is 11.3 Å². The highest BCUT2D eigenvalue weighted by atomic mass is 16.4. The molecule has 3 atom stereocenters. The van der Waals surface area contributed by atoms with E-state index in [1.165, 1.54) is 31.2 Å². The van der Waals surface area contributed by atoms with Crippen LogP contribution >= 0.6 is 0 Å². The van der Waals surface area contributed by atoms with E-state index in [0.29, 0.717) is 25.6 Å². The van der Waals surface area contributed by atoms with Crippen LogP contribution in [0.5, 0.6) is 0 Å². The Morgan fingerprint density at radius 3 is 2.71 bits per heavy atom. The predicted molar refractivity (Wildman–Crippen MR) is 103 cm³/mol. The van der Waals surface area contributed by atoms with Gasteiger partial charge in [0.1, 0.15) is 0 Å². The molecule has 3 fully saturated rings. The van der Waals surface area contributed by atoms with E-state index in [9.17, 15) is 14.7 Å². The molecule has 2 amide bonds. The van der Waals surface area contributed by atoms with Crippen LogP contribution in [0.3, 0.4) is 0 Å². The molecule has 1 aromatic heterocycles. The molecule has 0 bridgehead atoms. The normalized spacial score (nSPS) is 32.4. The molecule has 0 spiro atoms. The smallest absolute Gasteiger partial charge is 0.317 e. The van der Waals surface area contributed by atoms with Crippen LogP contribution in [0.1, 0.15) is 81.1 Å². The second kappa shape index (κ2) is 6.78. The fraction of sp³-hybridized carbons (Fsp3) is 0.762. The highest BCUT2D eigenvalue weighted by Crippen LogP contribution is 2.49. The van der Waals surface area contributed by atoms with E-state index in [0.717, 1.165) is 37.8 Å². The van der Waals surface area contributed by atoms with Crippen molar-refractivity contribution in [1.29, 1.82) is 0 Å². The van der Waals surface area contributed by atoms with Crippen molar-refractivity contribution in [3.63, 3.8) is 0 Å². The maximum Gasteiger partial charge on any atom is 0.317 e. The molecule has 1 saturated heterocycles. The molecular weight excluding hydrogens is 356 g/mol. The number of aryl methyl sites for hydroxylation is 1. The summed E-state index contributed by atoms with van der Waals surface area (Å²) in [4.78, 5) is 26.6. The van der Waals surface area contributed by atoms with Crippen LogP contribution in [0, 0.1) is 11.3 Å². The van der Waals surface area contributed by atoms with Crippen LogP contribution < -0.4 is 5.32 Å². The number of likely N-dealkylation sites (tertiary alicyclic amines) is 1. The van der Waals surface area contributed by atoms with Gasteiger partial charge in [0.05, 0.1) is 23.2 Å². The maximum absolute atomic E-state index is 13.0. The average Bonchev–Trinajstić information content (AvgIpc) is 3.42. The largest absolute Gasteiger partial charge is 0.481 e. The van der Waals surface area contributed by atoms with Gasteiger partial charge in [-0.3, -0.25) is 9.48 Å². The fourth-order valence-electron chi connectivity index (χ4n) is 6.09. The SMILES string of the molecule is O=C(NC1CCCc2cn(C3CCCC3)nc21)N1C[C@@H]2CCC[C@@]2(C(=O)O)C1. The minimum Gasteiger partial charge on any atom is -0.481 e. The minimum atomic E-state index is -0.736. The molecule has 1 unspecified atom stereocenters. The molecule has 4 aliphatic rings. The summed E-state index contributed by atoms with van der Waals surface area (Å²) in [5, 5.41) is 17.8. The summed E-state index contributed by atoms with van der Waals surface area (Å²) < 4.78 is 2.14. The number of aromatic nitrogens is 2. The van der Waals surface area contributed by atoms with E-state index >= 15 is 0 Å². The van der Waals surface area contributed by atoms with Crippen molar-refractivity contribution in [3.05, 3.63) is 17.5 Å². The van der Waals surface area contributed by atoms with Crippen molar-refractivity contribution in [1.82, 2.24) is 20.0 Å². The van der Waals surface area contributed by atoms with Crippen molar-refractivity contribution in [2.75, 3.05) is 13.1 Å². The van der Waals surface area contributed by atoms with Crippen LogP contribution in [-0.4, -0.2) is 44.9 Å². The first-order valence-corrected chi connectivity index (χ1v) is 10.9. The number of carbonyl (C=O) groups is 2. The molecule has 0 radical (unpaired) electrons. The van der Waals surface area contributed by atoms with E-state index < -0.39 is 11.4 Å². The van der Waals surface area contributed by atoms with E-state index in [1.807, 2.05) is 0 Å². The Labute approximate surface area is 165 Å². The number of carboxylic acids is 1. The Morgan fingerprint density at radius 1 is 1.14 bits per heavy atom. The Kier molecular flexibility index (Phi) is 4.36. The van der Waals surface area contributed by atoms with Gasteiger partial charge < -0.3 is 15.3 Å². The number of hydrogen-bond donors (Lipinski definition) is 2. The first-order valence-electron chi connectivity index (χ1n) is 10.9. The number of carboxylic acid groups (broad SMARTS) is 1. The van der Waals surface area contributed by atoms with Crippen LogP contribution in [0.15, 0.2) is 6.20 Å². The quantitative estimate of drug-likeness (QED) is 0.835. The van der Waals surface area contributed by atoms with Crippen LogP contribution in [0.25, 0.3) is 0 Å². The van der Waals surface area contributed by atoms with E-state index in [2.05, 4.69) is 16.2 Å². The van der Waals surface area contributed by atoms with Gasteiger partial charge in [0.2, 0.25) is 0 Å². The van der Waals surface area contributed by atoms with Crippen LogP contribution in [-0.2, 0) is 11.2 Å². The number of carbonyl (C=O) groups excluding carboxylic acids is 1. The van der Waals surface area contributed by atoms with Gasteiger partial charge in [0, 0.05) is 19.3 Å². The zero-order valence-corrected chi connectivity index (χ0v) is 16.4. The highest BCUT2D eigenvalue weighted by Gasteiger charge is 2.56. The average molecular weight is 386 g/mol. The van der Waals surface area contributed by atoms with Crippen molar-refractivity contribution >= 4 is 12.0 Å². The maximum atomic E-state index is 13.0. The molecule has 7 heteroatoms. The van der Waals surface area contributed by atoms with Gasteiger partial charge in [-0.15, -0.1) is 0 Å². The van der Waals surface area contributed by atoms with Crippen molar-refractivity contribution in [3.8, 4) is 0 Å². The third-order valence-electron chi connectivity index (χ3n) is 7.69. The Balaban J connectivity index is 1.30. The number of aliphatic carboxylic acids is 1. The molecular formula is C21H30N4O3. The lowest BCUT2D eigenvalue weighted by molar-refractivity contribution is -0.149. The molecule has 1 aromatic rings. The van der Waals surface area contributed by atoms with E-state index in [-0.39, 0.29) is 18.0 Å². The lowest BCUT2D eigenvalue weighted by atomic mass is 9.81. The number of urea groups is 1. The molecule has 1 aliphatic heterocycles.